The minimum absolute atomic E-state index is 0.0522. The summed E-state index contributed by atoms with van der Waals surface area (Å²) in [6, 6.07) is 7.35. The van der Waals surface area contributed by atoms with Gasteiger partial charge in [0, 0.05) is 29.6 Å². The summed E-state index contributed by atoms with van der Waals surface area (Å²) in [7, 11) is 0. The fourth-order valence-corrected chi connectivity index (χ4v) is 2.42. The van der Waals surface area contributed by atoms with Gasteiger partial charge in [-0.3, -0.25) is 10.2 Å². The van der Waals surface area contributed by atoms with E-state index in [2.05, 4.69) is 15.8 Å². The molecule has 0 radical (unpaired) electrons. The number of benzene rings is 1. The summed E-state index contributed by atoms with van der Waals surface area (Å²) in [6.45, 7) is 0.624. The molecule has 1 saturated heterocycles. The van der Waals surface area contributed by atoms with Gasteiger partial charge in [0.2, 0.25) is 0 Å². The molecule has 1 aliphatic heterocycles. The van der Waals surface area contributed by atoms with Gasteiger partial charge in [-0.25, -0.2) is 5.43 Å². The molecular formula is C12H13N3O2. The summed E-state index contributed by atoms with van der Waals surface area (Å²) in [5, 5.41) is 10.2. The quantitative estimate of drug-likeness (QED) is 0.617. The Bertz CT molecular complexity index is 564. The standard InChI is InChI=1S/C12H13N3O2/c16-12(17)11-9(6-14-15-11)8-5-13-10-4-2-1-3-7(8)10/h1-5,9,11,13-15H,6H2,(H,16,17). The van der Waals surface area contributed by atoms with E-state index in [0.717, 1.165) is 16.5 Å². The number of para-hydroxylation sites is 1. The van der Waals surface area contributed by atoms with Gasteiger partial charge in [0.15, 0.2) is 0 Å². The van der Waals surface area contributed by atoms with Gasteiger partial charge in [0.05, 0.1) is 0 Å². The molecule has 1 aliphatic rings. The molecule has 0 spiro atoms. The third kappa shape index (κ3) is 1.60. The first kappa shape index (κ1) is 10.3. The zero-order valence-electron chi connectivity index (χ0n) is 9.10. The fourth-order valence-electron chi connectivity index (χ4n) is 2.42. The van der Waals surface area contributed by atoms with Gasteiger partial charge in [-0.15, -0.1) is 0 Å². The van der Waals surface area contributed by atoms with Crippen LogP contribution in [0.1, 0.15) is 11.5 Å². The van der Waals surface area contributed by atoms with Crippen molar-refractivity contribution in [3.05, 3.63) is 36.0 Å². The van der Waals surface area contributed by atoms with Gasteiger partial charge in [0.1, 0.15) is 6.04 Å². The van der Waals surface area contributed by atoms with Crippen molar-refractivity contribution in [2.45, 2.75) is 12.0 Å². The molecule has 2 heterocycles. The number of carboxylic acids is 1. The molecule has 4 N–H and O–H groups in total. The Hall–Kier alpha value is -1.85. The van der Waals surface area contributed by atoms with Crippen LogP contribution in [0.5, 0.6) is 0 Å². The Morgan fingerprint density at radius 1 is 1.35 bits per heavy atom. The van der Waals surface area contributed by atoms with Gasteiger partial charge in [-0.1, -0.05) is 18.2 Å². The smallest absolute Gasteiger partial charge is 0.322 e. The van der Waals surface area contributed by atoms with E-state index in [4.69, 9.17) is 5.11 Å². The molecule has 0 aliphatic carbocycles. The molecule has 1 aromatic carbocycles. The molecule has 5 heteroatoms. The number of rotatable bonds is 2. The highest BCUT2D eigenvalue weighted by atomic mass is 16.4. The van der Waals surface area contributed by atoms with Crippen LogP contribution in [-0.2, 0) is 4.79 Å². The Labute approximate surface area is 97.8 Å². The number of hydrogen-bond acceptors (Lipinski definition) is 3. The van der Waals surface area contributed by atoms with E-state index in [0.29, 0.717) is 6.54 Å². The largest absolute Gasteiger partial charge is 0.480 e. The number of aromatic nitrogens is 1. The highest BCUT2D eigenvalue weighted by Gasteiger charge is 2.34. The second-order valence-corrected chi connectivity index (χ2v) is 4.24. The number of aliphatic carboxylic acids is 1. The van der Waals surface area contributed by atoms with Gasteiger partial charge >= 0.3 is 5.97 Å². The van der Waals surface area contributed by atoms with Crippen LogP contribution < -0.4 is 10.9 Å². The van der Waals surface area contributed by atoms with E-state index < -0.39 is 12.0 Å². The van der Waals surface area contributed by atoms with E-state index in [1.807, 2.05) is 30.5 Å². The Balaban J connectivity index is 2.06. The molecule has 2 atom stereocenters. The molecule has 0 amide bonds. The zero-order chi connectivity index (χ0) is 11.8. The molecule has 0 bridgehead atoms. The highest BCUT2D eigenvalue weighted by molar-refractivity contribution is 5.85. The van der Waals surface area contributed by atoms with Crippen molar-refractivity contribution in [3.8, 4) is 0 Å². The zero-order valence-corrected chi connectivity index (χ0v) is 9.10. The van der Waals surface area contributed by atoms with E-state index in [1.54, 1.807) is 0 Å². The normalized spacial score (nSPS) is 24.2. The van der Waals surface area contributed by atoms with E-state index >= 15 is 0 Å². The molecule has 17 heavy (non-hydrogen) atoms. The first-order valence-electron chi connectivity index (χ1n) is 5.54. The van der Waals surface area contributed by atoms with E-state index in [9.17, 15) is 4.79 Å². The van der Waals surface area contributed by atoms with Crippen LogP contribution in [0.25, 0.3) is 10.9 Å². The lowest BCUT2D eigenvalue weighted by atomic mass is 9.93. The number of carboxylic acid groups (broad SMARTS) is 1. The minimum atomic E-state index is -0.828. The van der Waals surface area contributed by atoms with Gasteiger partial charge < -0.3 is 10.1 Å². The average Bonchev–Trinajstić information content (AvgIpc) is 2.94. The summed E-state index contributed by atoms with van der Waals surface area (Å²) in [6.07, 6.45) is 1.90. The number of hydrazine groups is 1. The van der Waals surface area contributed by atoms with Crippen LogP contribution in [0.2, 0.25) is 0 Å². The Morgan fingerprint density at radius 3 is 3.00 bits per heavy atom. The van der Waals surface area contributed by atoms with Gasteiger partial charge in [-0.2, -0.15) is 0 Å². The number of aromatic amines is 1. The predicted octanol–water partition coefficient (Wildman–Crippen LogP) is 0.812. The maximum absolute atomic E-state index is 11.1. The second-order valence-electron chi connectivity index (χ2n) is 4.24. The lowest BCUT2D eigenvalue weighted by Crippen LogP contribution is -2.37. The summed E-state index contributed by atoms with van der Waals surface area (Å²) in [5.74, 6) is -0.881. The molecule has 1 fully saturated rings. The van der Waals surface area contributed by atoms with Gasteiger partial charge in [-0.05, 0) is 11.6 Å². The lowest BCUT2D eigenvalue weighted by Gasteiger charge is -2.13. The number of H-pyrrole nitrogens is 1. The molecule has 3 rings (SSSR count). The van der Waals surface area contributed by atoms with Crippen LogP contribution >= 0.6 is 0 Å². The third-order valence-electron chi connectivity index (χ3n) is 3.27. The molecule has 1 aromatic heterocycles. The van der Waals surface area contributed by atoms with Crippen LogP contribution in [-0.4, -0.2) is 28.6 Å². The van der Waals surface area contributed by atoms with E-state index in [-0.39, 0.29) is 5.92 Å². The summed E-state index contributed by atoms with van der Waals surface area (Å²) < 4.78 is 0. The molecule has 2 unspecified atom stereocenters. The maximum atomic E-state index is 11.1. The number of fused-ring (bicyclic) bond motifs is 1. The third-order valence-corrected chi connectivity index (χ3v) is 3.27. The maximum Gasteiger partial charge on any atom is 0.322 e. The van der Waals surface area contributed by atoms with Crippen molar-refractivity contribution < 1.29 is 9.90 Å². The number of carbonyl (C=O) groups is 1. The van der Waals surface area contributed by atoms with Crippen molar-refractivity contribution in [3.63, 3.8) is 0 Å². The minimum Gasteiger partial charge on any atom is -0.480 e. The van der Waals surface area contributed by atoms with Crippen LogP contribution in [0.3, 0.4) is 0 Å². The fraction of sp³-hybridized carbons (Fsp3) is 0.250. The summed E-state index contributed by atoms with van der Waals surface area (Å²) in [5.41, 5.74) is 7.79. The molecule has 5 nitrogen and oxygen atoms in total. The SMILES string of the molecule is O=C(O)C1NNCC1c1c[nH]c2ccccc12. The van der Waals surface area contributed by atoms with Crippen molar-refractivity contribution in [2.75, 3.05) is 6.54 Å². The monoisotopic (exact) mass is 231 g/mol. The van der Waals surface area contributed by atoms with Crippen LogP contribution in [0, 0.1) is 0 Å². The Morgan fingerprint density at radius 2 is 2.18 bits per heavy atom. The summed E-state index contributed by atoms with van der Waals surface area (Å²) in [4.78, 5) is 14.3. The summed E-state index contributed by atoms with van der Waals surface area (Å²) >= 11 is 0. The predicted molar refractivity (Wildman–Crippen MR) is 63.6 cm³/mol. The molecule has 0 saturated carbocycles. The van der Waals surface area contributed by atoms with Crippen molar-refractivity contribution >= 4 is 16.9 Å². The van der Waals surface area contributed by atoms with Crippen LogP contribution in [0.15, 0.2) is 30.5 Å². The van der Waals surface area contributed by atoms with Crippen molar-refractivity contribution in [1.29, 1.82) is 0 Å². The van der Waals surface area contributed by atoms with Gasteiger partial charge in [0.25, 0.3) is 0 Å². The van der Waals surface area contributed by atoms with Crippen LogP contribution in [0.4, 0.5) is 0 Å². The highest BCUT2D eigenvalue weighted by Crippen LogP contribution is 2.29. The molecule has 88 valence electrons. The average molecular weight is 231 g/mol. The number of nitrogens with one attached hydrogen (secondary N) is 3. The van der Waals surface area contributed by atoms with E-state index in [1.165, 1.54) is 0 Å². The number of hydrogen-bond donors (Lipinski definition) is 4. The Kier molecular flexibility index (Phi) is 2.35. The molecule has 2 aromatic rings. The van der Waals surface area contributed by atoms with Crippen molar-refractivity contribution in [1.82, 2.24) is 15.8 Å². The first-order valence-corrected chi connectivity index (χ1v) is 5.54. The second kappa shape index (κ2) is 3.87. The first-order chi connectivity index (χ1) is 8.27. The molecular weight excluding hydrogens is 218 g/mol. The lowest BCUT2D eigenvalue weighted by molar-refractivity contribution is -0.139. The topological polar surface area (TPSA) is 77.2 Å². The van der Waals surface area contributed by atoms with Crippen molar-refractivity contribution in [2.24, 2.45) is 0 Å².